The minimum absolute atomic E-state index is 0.0150. The Bertz CT molecular complexity index is 434. The van der Waals surface area contributed by atoms with Gasteiger partial charge in [-0.15, -0.1) is 0 Å². The second kappa shape index (κ2) is 5.32. The maximum absolute atomic E-state index is 12.0. The van der Waals surface area contributed by atoms with E-state index in [0.717, 1.165) is 12.8 Å². The van der Waals surface area contributed by atoms with Crippen molar-refractivity contribution in [1.82, 2.24) is 0 Å². The third kappa shape index (κ3) is 2.53. The Hall–Kier alpha value is -1.16. The summed E-state index contributed by atoms with van der Waals surface area (Å²) in [6.07, 6.45) is 10.0. The van der Waals surface area contributed by atoms with Gasteiger partial charge in [-0.05, 0) is 26.2 Å². The van der Waals surface area contributed by atoms with Crippen molar-refractivity contribution in [3.63, 3.8) is 0 Å². The summed E-state index contributed by atoms with van der Waals surface area (Å²) in [6, 6.07) is 0. The lowest BCUT2D eigenvalue weighted by Gasteiger charge is -2.33. The Labute approximate surface area is 119 Å². The first-order valence-corrected chi connectivity index (χ1v) is 7.62. The second-order valence-electron chi connectivity index (χ2n) is 6.50. The number of rotatable bonds is 4. The molecule has 2 bridgehead atoms. The molecule has 110 valence electrons. The lowest BCUT2D eigenvalue weighted by atomic mass is 9.86. The molecule has 3 atom stereocenters. The van der Waals surface area contributed by atoms with Crippen molar-refractivity contribution < 1.29 is 19.1 Å². The van der Waals surface area contributed by atoms with Crippen molar-refractivity contribution in [2.45, 2.75) is 51.0 Å². The summed E-state index contributed by atoms with van der Waals surface area (Å²) in [7, 11) is 0. The van der Waals surface area contributed by atoms with Crippen molar-refractivity contribution in [1.29, 1.82) is 0 Å². The number of Topliss-reactive ketones (excluding diaryl/α,β-unsaturated/α-hetero) is 1. The highest BCUT2D eigenvalue weighted by Crippen LogP contribution is 2.41. The quantitative estimate of drug-likeness (QED) is 0.450. The van der Waals surface area contributed by atoms with Crippen molar-refractivity contribution in [3.8, 4) is 0 Å². The normalized spacial score (nSPS) is 34.5. The van der Waals surface area contributed by atoms with E-state index in [2.05, 4.69) is 6.92 Å². The topological polar surface area (TPSA) is 52.6 Å². The van der Waals surface area contributed by atoms with Crippen LogP contribution < -0.4 is 0 Å². The Morgan fingerprint density at radius 2 is 2.05 bits per heavy atom. The van der Waals surface area contributed by atoms with Crippen molar-refractivity contribution in [2.24, 2.45) is 17.8 Å². The number of esters is 1. The van der Waals surface area contributed by atoms with Crippen LogP contribution in [0.3, 0.4) is 0 Å². The monoisotopic (exact) mass is 278 g/mol. The lowest BCUT2D eigenvalue weighted by Crippen LogP contribution is -2.33. The molecule has 4 nitrogen and oxygen atoms in total. The van der Waals surface area contributed by atoms with Gasteiger partial charge in [0.05, 0.1) is 11.5 Å². The minimum Gasteiger partial charge on any atom is -0.438 e. The first-order valence-electron chi connectivity index (χ1n) is 7.62. The molecule has 3 aliphatic carbocycles. The number of ether oxygens (including phenoxy) is 2. The van der Waals surface area contributed by atoms with Crippen LogP contribution in [0.2, 0.25) is 0 Å². The van der Waals surface area contributed by atoms with Crippen LogP contribution in [0.25, 0.3) is 0 Å². The van der Waals surface area contributed by atoms with Gasteiger partial charge in [-0.25, -0.2) is 0 Å². The van der Waals surface area contributed by atoms with Crippen molar-refractivity contribution in [2.75, 3.05) is 6.79 Å². The van der Waals surface area contributed by atoms with E-state index in [1.807, 2.05) is 12.2 Å². The molecule has 0 spiro atoms. The van der Waals surface area contributed by atoms with Crippen molar-refractivity contribution in [3.05, 3.63) is 12.2 Å². The summed E-state index contributed by atoms with van der Waals surface area (Å²) in [6.45, 7) is 2.10. The van der Waals surface area contributed by atoms with E-state index < -0.39 is 0 Å². The molecule has 0 heterocycles. The fourth-order valence-electron chi connectivity index (χ4n) is 3.66. The van der Waals surface area contributed by atoms with E-state index in [0.29, 0.717) is 6.42 Å². The number of ketones is 1. The van der Waals surface area contributed by atoms with E-state index >= 15 is 0 Å². The minimum atomic E-state index is -0.291. The fraction of sp³-hybridized carbons (Fsp3) is 0.750. The molecule has 3 rings (SSSR count). The summed E-state index contributed by atoms with van der Waals surface area (Å²) in [5, 5.41) is 0. The smallest absolute Gasteiger partial charge is 0.312 e. The molecule has 3 unspecified atom stereocenters. The molecular weight excluding hydrogens is 256 g/mol. The van der Waals surface area contributed by atoms with Crippen molar-refractivity contribution >= 4 is 11.8 Å². The van der Waals surface area contributed by atoms with Gasteiger partial charge in [0.1, 0.15) is 5.78 Å². The van der Waals surface area contributed by atoms with Crippen LogP contribution in [0.15, 0.2) is 12.2 Å². The highest BCUT2D eigenvalue weighted by Gasteiger charge is 2.47. The predicted molar refractivity (Wildman–Crippen MR) is 72.8 cm³/mol. The molecule has 2 fully saturated rings. The van der Waals surface area contributed by atoms with Gasteiger partial charge in [0, 0.05) is 11.8 Å². The van der Waals surface area contributed by atoms with E-state index in [4.69, 9.17) is 9.47 Å². The Kier molecular flexibility index (Phi) is 3.67. The van der Waals surface area contributed by atoms with Crippen LogP contribution in [-0.4, -0.2) is 24.1 Å². The van der Waals surface area contributed by atoms with Crippen LogP contribution >= 0.6 is 0 Å². The van der Waals surface area contributed by atoms with Crippen LogP contribution in [0.1, 0.15) is 45.4 Å². The summed E-state index contributed by atoms with van der Waals surface area (Å²) in [5.74, 6) is -0.714. The molecule has 3 aliphatic rings. The average Bonchev–Trinajstić information content (AvgIpc) is 2.95. The molecule has 0 aromatic heterocycles. The molecule has 0 aromatic carbocycles. The van der Waals surface area contributed by atoms with Gasteiger partial charge in [-0.2, -0.15) is 0 Å². The maximum Gasteiger partial charge on any atom is 0.312 e. The first-order chi connectivity index (χ1) is 9.59. The number of carbonyl (C=O) groups excluding carboxylic acids is 2. The molecule has 20 heavy (non-hydrogen) atoms. The van der Waals surface area contributed by atoms with Gasteiger partial charge < -0.3 is 9.47 Å². The van der Waals surface area contributed by atoms with Gasteiger partial charge in [0.25, 0.3) is 0 Å². The molecule has 4 heteroatoms. The summed E-state index contributed by atoms with van der Waals surface area (Å²) in [5.41, 5.74) is -0.150. The zero-order chi connectivity index (χ0) is 14.2. The highest BCUT2D eigenvalue weighted by molar-refractivity contribution is 5.96. The summed E-state index contributed by atoms with van der Waals surface area (Å²) >= 11 is 0. The third-order valence-electron chi connectivity index (χ3n) is 5.01. The van der Waals surface area contributed by atoms with Crippen LogP contribution in [0.4, 0.5) is 0 Å². The number of fused-ring (bicyclic) bond motifs is 2. The molecular formula is C16H22O4. The Morgan fingerprint density at radius 3 is 2.65 bits per heavy atom. The summed E-state index contributed by atoms with van der Waals surface area (Å²) in [4.78, 5) is 23.8. The number of hydrogen-bond acceptors (Lipinski definition) is 4. The standard InChI is InChI=1S/C16H22O4/c1-16(7-3-2-4-8-16)20-10-19-15(18)13-9-11-5-6-12(13)14(11)17/h5-6,11-13H,2-4,7-10H2,1H3. The van der Waals surface area contributed by atoms with E-state index in [-0.39, 0.29) is 41.9 Å². The van der Waals surface area contributed by atoms with E-state index in [1.165, 1.54) is 19.3 Å². The first kappa shape index (κ1) is 13.8. The summed E-state index contributed by atoms with van der Waals surface area (Å²) < 4.78 is 11.0. The van der Waals surface area contributed by atoms with Crippen LogP contribution in [0, 0.1) is 17.8 Å². The molecule has 0 saturated heterocycles. The molecule has 0 radical (unpaired) electrons. The molecule has 2 saturated carbocycles. The fourth-order valence-corrected chi connectivity index (χ4v) is 3.66. The average molecular weight is 278 g/mol. The van der Waals surface area contributed by atoms with Gasteiger partial charge in [0.2, 0.25) is 0 Å². The second-order valence-corrected chi connectivity index (χ2v) is 6.50. The van der Waals surface area contributed by atoms with Gasteiger partial charge in [-0.3, -0.25) is 9.59 Å². The predicted octanol–water partition coefficient (Wildman–Crippen LogP) is 2.62. The number of allylic oxidation sites excluding steroid dienone is 2. The Morgan fingerprint density at radius 1 is 1.30 bits per heavy atom. The zero-order valence-electron chi connectivity index (χ0n) is 12.0. The largest absolute Gasteiger partial charge is 0.438 e. The lowest BCUT2D eigenvalue weighted by molar-refractivity contribution is -0.180. The van der Waals surface area contributed by atoms with Gasteiger partial charge >= 0.3 is 5.97 Å². The number of carbonyl (C=O) groups is 2. The Balaban J connectivity index is 1.46. The molecule has 0 N–H and O–H groups in total. The zero-order valence-corrected chi connectivity index (χ0v) is 12.0. The van der Waals surface area contributed by atoms with Crippen LogP contribution in [0.5, 0.6) is 0 Å². The van der Waals surface area contributed by atoms with E-state index in [1.54, 1.807) is 0 Å². The molecule has 0 aromatic rings. The molecule has 0 amide bonds. The molecule has 0 aliphatic heterocycles. The van der Waals surface area contributed by atoms with E-state index in [9.17, 15) is 9.59 Å². The third-order valence-corrected chi connectivity index (χ3v) is 5.01. The maximum atomic E-state index is 12.0. The van der Waals surface area contributed by atoms with Gasteiger partial charge in [-0.1, -0.05) is 31.4 Å². The van der Waals surface area contributed by atoms with Crippen LogP contribution in [-0.2, 0) is 19.1 Å². The highest BCUT2D eigenvalue weighted by atomic mass is 16.7. The van der Waals surface area contributed by atoms with Gasteiger partial charge in [0.15, 0.2) is 6.79 Å². The SMILES string of the molecule is CC1(OCOC(=O)C2CC3C=CC2C3=O)CCCCC1. The number of hydrogen-bond donors (Lipinski definition) is 0.